The second kappa shape index (κ2) is 8.72. The van der Waals surface area contributed by atoms with Crippen LogP contribution in [0.2, 0.25) is 0 Å². The Morgan fingerprint density at radius 3 is 2.75 bits per heavy atom. The minimum absolute atomic E-state index is 0.114. The van der Waals surface area contributed by atoms with Crippen LogP contribution in [0, 0.1) is 24.2 Å². The molecule has 0 aliphatic carbocycles. The van der Waals surface area contributed by atoms with Crippen molar-refractivity contribution in [3.8, 4) is 11.8 Å². The summed E-state index contributed by atoms with van der Waals surface area (Å²) in [6.07, 6.45) is 3.47. The topological polar surface area (TPSA) is 103 Å². The number of piperidine rings is 1. The molecule has 1 saturated heterocycles. The van der Waals surface area contributed by atoms with E-state index in [1.54, 1.807) is 0 Å². The van der Waals surface area contributed by atoms with Crippen molar-refractivity contribution in [3.05, 3.63) is 41.2 Å². The van der Waals surface area contributed by atoms with Gasteiger partial charge in [-0.2, -0.15) is 0 Å². The number of aromatic nitrogens is 2. The Kier molecular flexibility index (Phi) is 6.12. The zero-order valence-electron chi connectivity index (χ0n) is 16.6. The largest absolute Gasteiger partial charge is 0.388 e. The van der Waals surface area contributed by atoms with Gasteiger partial charge in [-0.15, -0.1) is 0 Å². The van der Waals surface area contributed by atoms with Crippen LogP contribution in [0.25, 0.3) is 0 Å². The second-order valence-electron chi connectivity index (χ2n) is 7.11. The molecule has 1 aliphatic heterocycles. The molecule has 0 spiro atoms. The minimum atomic E-state index is 0.114. The van der Waals surface area contributed by atoms with Gasteiger partial charge in [0.1, 0.15) is 23.7 Å². The summed E-state index contributed by atoms with van der Waals surface area (Å²) in [5.74, 6) is 6.87. The van der Waals surface area contributed by atoms with Crippen LogP contribution in [0.1, 0.15) is 29.5 Å². The van der Waals surface area contributed by atoms with Crippen molar-refractivity contribution in [1.82, 2.24) is 14.9 Å². The maximum Gasteiger partial charge on any atom is 0.141 e. The van der Waals surface area contributed by atoms with E-state index < -0.39 is 0 Å². The van der Waals surface area contributed by atoms with E-state index in [0.29, 0.717) is 17.4 Å². The smallest absolute Gasteiger partial charge is 0.141 e. The summed E-state index contributed by atoms with van der Waals surface area (Å²) < 4.78 is 0. The van der Waals surface area contributed by atoms with Crippen LogP contribution in [0.15, 0.2) is 24.5 Å². The number of nitrogens with one attached hydrogen (secondary N) is 3. The molecule has 0 bridgehead atoms. The average Bonchev–Trinajstić information content (AvgIpc) is 2.69. The second-order valence-corrected chi connectivity index (χ2v) is 7.11. The van der Waals surface area contributed by atoms with Gasteiger partial charge in [-0.05, 0) is 63.5 Å². The quantitative estimate of drug-likeness (QED) is 0.482. The lowest BCUT2D eigenvalue weighted by Gasteiger charge is -2.30. The first-order valence-corrected chi connectivity index (χ1v) is 9.43. The maximum atomic E-state index is 8.48. The van der Waals surface area contributed by atoms with E-state index in [4.69, 9.17) is 11.1 Å². The average molecular weight is 377 g/mol. The van der Waals surface area contributed by atoms with Gasteiger partial charge in [-0.25, -0.2) is 9.97 Å². The number of nitrogen functional groups attached to an aromatic ring is 1. The number of rotatable bonds is 4. The molecule has 1 aliphatic rings. The molecule has 0 radical (unpaired) electrons. The summed E-state index contributed by atoms with van der Waals surface area (Å²) in [5.41, 5.74) is 9.57. The Bertz CT molecular complexity index is 918. The Balaban J connectivity index is 1.85. The van der Waals surface area contributed by atoms with Crippen molar-refractivity contribution in [1.29, 1.82) is 5.41 Å². The van der Waals surface area contributed by atoms with Crippen LogP contribution >= 0.6 is 0 Å². The number of anilines is 3. The summed E-state index contributed by atoms with van der Waals surface area (Å²) >= 11 is 0. The van der Waals surface area contributed by atoms with Gasteiger partial charge in [-0.3, -0.25) is 5.41 Å². The lowest BCUT2D eigenvalue weighted by molar-refractivity contribution is 0.263. The molecule has 0 saturated carbocycles. The SMILES string of the molecule is CNc1ccc(C)c(C#CC(=N)c2c(N)ncnc2NC2CCN(C)CC2)c1. The standard InChI is InChI=1S/C21H27N7/c1-14-4-6-17(24-2)12-15(14)5-7-18(22)19-20(23)25-13-26-21(19)27-16-8-10-28(3)11-9-16/h4,6,12-13,16,22,24H,8-11H2,1-3H3,(H3,23,25,26,27). The molecule has 5 N–H and O–H groups in total. The van der Waals surface area contributed by atoms with Crippen molar-refractivity contribution in [3.63, 3.8) is 0 Å². The highest BCUT2D eigenvalue weighted by molar-refractivity contribution is 6.16. The fourth-order valence-corrected chi connectivity index (χ4v) is 3.21. The molecular formula is C21H27N7. The molecule has 28 heavy (non-hydrogen) atoms. The highest BCUT2D eigenvalue weighted by atomic mass is 15.1. The molecule has 1 aromatic carbocycles. The van der Waals surface area contributed by atoms with E-state index in [1.165, 1.54) is 6.33 Å². The predicted octanol–water partition coefficient (Wildman–Crippen LogP) is 2.33. The van der Waals surface area contributed by atoms with Crippen molar-refractivity contribution < 1.29 is 0 Å². The molecule has 2 heterocycles. The van der Waals surface area contributed by atoms with E-state index >= 15 is 0 Å². The normalized spacial score (nSPS) is 14.8. The zero-order chi connectivity index (χ0) is 20.1. The molecule has 1 aromatic heterocycles. The van der Waals surface area contributed by atoms with Crippen LogP contribution in [0.5, 0.6) is 0 Å². The van der Waals surface area contributed by atoms with Gasteiger partial charge < -0.3 is 21.3 Å². The number of hydrogen-bond donors (Lipinski definition) is 4. The summed E-state index contributed by atoms with van der Waals surface area (Å²) in [6.45, 7) is 4.07. The first kappa shape index (κ1) is 19.6. The van der Waals surface area contributed by atoms with Gasteiger partial charge in [0.25, 0.3) is 0 Å². The first-order valence-electron chi connectivity index (χ1n) is 9.43. The van der Waals surface area contributed by atoms with E-state index in [-0.39, 0.29) is 11.5 Å². The number of nitrogens with zero attached hydrogens (tertiary/aromatic N) is 3. The summed E-state index contributed by atoms with van der Waals surface area (Å²) in [4.78, 5) is 10.7. The fourth-order valence-electron chi connectivity index (χ4n) is 3.21. The van der Waals surface area contributed by atoms with Gasteiger partial charge >= 0.3 is 0 Å². The van der Waals surface area contributed by atoms with Gasteiger partial charge in [0.05, 0.1) is 5.56 Å². The van der Waals surface area contributed by atoms with Gasteiger partial charge in [-0.1, -0.05) is 12.0 Å². The monoisotopic (exact) mass is 377 g/mol. The molecule has 7 nitrogen and oxygen atoms in total. The van der Waals surface area contributed by atoms with Gasteiger partial charge in [0, 0.05) is 24.3 Å². The minimum Gasteiger partial charge on any atom is -0.388 e. The molecule has 3 rings (SSSR count). The van der Waals surface area contributed by atoms with Gasteiger partial charge in [0.2, 0.25) is 0 Å². The van der Waals surface area contributed by atoms with Crippen molar-refractivity contribution in [2.24, 2.45) is 0 Å². The van der Waals surface area contributed by atoms with Crippen LogP contribution in [-0.2, 0) is 0 Å². The predicted molar refractivity (Wildman–Crippen MR) is 115 cm³/mol. The van der Waals surface area contributed by atoms with Crippen molar-refractivity contribution in [2.45, 2.75) is 25.8 Å². The zero-order valence-corrected chi connectivity index (χ0v) is 16.6. The lowest BCUT2D eigenvalue weighted by Crippen LogP contribution is -2.37. The Hall–Kier alpha value is -3.11. The lowest BCUT2D eigenvalue weighted by atomic mass is 10.0. The number of benzene rings is 1. The third-order valence-corrected chi connectivity index (χ3v) is 5.03. The van der Waals surface area contributed by atoms with E-state index in [9.17, 15) is 0 Å². The van der Waals surface area contributed by atoms with Crippen LogP contribution in [0.3, 0.4) is 0 Å². The number of likely N-dealkylation sites (tertiary alicyclic amines) is 1. The third kappa shape index (κ3) is 4.59. The summed E-state index contributed by atoms with van der Waals surface area (Å²) in [5, 5.41) is 15.0. The Labute approximate surface area is 166 Å². The van der Waals surface area contributed by atoms with E-state index in [0.717, 1.165) is 42.7 Å². The molecule has 0 atom stereocenters. The first-order chi connectivity index (χ1) is 13.5. The molecule has 7 heteroatoms. The Morgan fingerprint density at radius 2 is 2.04 bits per heavy atom. The molecule has 2 aromatic rings. The fraction of sp³-hybridized carbons (Fsp3) is 0.381. The maximum absolute atomic E-state index is 8.48. The third-order valence-electron chi connectivity index (χ3n) is 5.03. The summed E-state index contributed by atoms with van der Waals surface area (Å²) in [7, 11) is 3.99. The summed E-state index contributed by atoms with van der Waals surface area (Å²) in [6, 6.07) is 6.28. The van der Waals surface area contributed by atoms with Gasteiger partial charge in [0.15, 0.2) is 0 Å². The molecular weight excluding hydrogens is 350 g/mol. The van der Waals surface area contributed by atoms with E-state index in [1.807, 2.05) is 32.2 Å². The van der Waals surface area contributed by atoms with E-state index in [2.05, 4.69) is 44.4 Å². The number of hydrogen-bond acceptors (Lipinski definition) is 7. The van der Waals surface area contributed by atoms with Crippen molar-refractivity contribution in [2.75, 3.05) is 43.6 Å². The highest BCUT2D eigenvalue weighted by Gasteiger charge is 2.20. The number of aryl methyl sites for hydroxylation is 1. The molecule has 1 fully saturated rings. The van der Waals surface area contributed by atoms with Crippen LogP contribution in [0.4, 0.5) is 17.3 Å². The Morgan fingerprint density at radius 1 is 1.29 bits per heavy atom. The molecule has 0 amide bonds. The van der Waals surface area contributed by atoms with Crippen LogP contribution < -0.4 is 16.4 Å². The van der Waals surface area contributed by atoms with Crippen LogP contribution in [-0.4, -0.2) is 53.8 Å². The number of nitrogens with two attached hydrogens (primary N) is 1. The van der Waals surface area contributed by atoms with Crippen molar-refractivity contribution >= 4 is 23.0 Å². The molecule has 146 valence electrons. The molecule has 0 unspecified atom stereocenters. The highest BCUT2D eigenvalue weighted by Crippen LogP contribution is 2.21.